The average molecular weight is 288 g/mol. The van der Waals surface area contributed by atoms with Crippen LogP contribution in [-0.2, 0) is 0 Å². The van der Waals surface area contributed by atoms with Gasteiger partial charge in [0.05, 0.1) is 17.6 Å². The van der Waals surface area contributed by atoms with E-state index in [0.29, 0.717) is 0 Å². The largest absolute Gasteiger partial charge is 0.370 e. The van der Waals surface area contributed by atoms with Gasteiger partial charge in [0, 0.05) is 35.6 Å². The van der Waals surface area contributed by atoms with Crippen LogP contribution in [0.2, 0.25) is 0 Å². The van der Waals surface area contributed by atoms with Crippen molar-refractivity contribution in [2.24, 2.45) is 0 Å². The first-order chi connectivity index (χ1) is 10.8. The van der Waals surface area contributed by atoms with Crippen LogP contribution in [0.1, 0.15) is 24.1 Å². The molecule has 2 aliphatic rings. The third-order valence-corrected chi connectivity index (χ3v) is 4.14. The molecule has 22 heavy (non-hydrogen) atoms. The number of allylic oxidation sites excluding steroid dienone is 1. The zero-order chi connectivity index (χ0) is 14.9. The third-order valence-electron chi connectivity index (χ3n) is 4.14. The first-order valence-corrected chi connectivity index (χ1v) is 7.50. The number of aromatic nitrogens is 3. The zero-order valence-corrected chi connectivity index (χ0v) is 12.3. The lowest BCUT2D eigenvalue weighted by atomic mass is 10.0. The monoisotopic (exact) mass is 288 g/mol. The molecule has 0 unspecified atom stereocenters. The normalized spacial score (nSPS) is 15.8. The van der Waals surface area contributed by atoms with Crippen LogP contribution in [-0.4, -0.2) is 28.3 Å². The van der Waals surface area contributed by atoms with Gasteiger partial charge in [0.1, 0.15) is 5.35 Å². The third kappa shape index (κ3) is 2.11. The highest BCUT2D eigenvalue weighted by Crippen LogP contribution is 2.23. The summed E-state index contributed by atoms with van der Waals surface area (Å²) in [5.74, 6) is 0. The maximum absolute atomic E-state index is 4.40. The summed E-state index contributed by atoms with van der Waals surface area (Å²) < 4.78 is 0. The van der Waals surface area contributed by atoms with Crippen molar-refractivity contribution in [1.29, 1.82) is 0 Å². The van der Waals surface area contributed by atoms with E-state index < -0.39 is 0 Å². The highest BCUT2D eigenvalue weighted by Gasteiger charge is 2.14. The van der Waals surface area contributed by atoms with Gasteiger partial charge in [-0.1, -0.05) is 12.3 Å². The first kappa shape index (κ1) is 12.9. The van der Waals surface area contributed by atoms with Crippen molar-refractivity contribution in [3.63, 3.8) is 0 Å². The number of rotatable bonds is 3. The standard InChI is InChI=1S/C18H16N4/c1-2-17-16-10-13(5-6-18(16)21-20-17)14-9-15(12-19-11-14)22-7-3-4-8-22/h2,9-12H,1,3-4,7-8H2,(H,20,21). The van der Waals surface area contributed by atoms with Crippen LogP contribution in [0.5, 0.6) is 0 Å². The van der Waals surface area contributed by atoms with E-state index in [1.807, 2.05) is 12.4 Å². The number of fused-ring (bicyclic) bond motifs is 1. The van der Waals surface area contributed by atoms with Gasteiger partial charge >= 0.3 is 0 Å². The summed E-state index contributed by atoms with van der Waals surface area (Å²) in [6, 6.07) is 2.18. The number of nitrogens with zero attached hydrogens (tertiary/aromatic N) is 3. The van der Waals surface area contributed by atoms with Gasteiger partial charge in [-0.2, -0.15) is 5.10 Å². The van der Waals surface area contributed by atoms with E-state index >= 15 is 0 Å². The Balaban J connectivity index is 1.79. The number of hydrogen-bond donors (Lipinski definition) is 1. The SMILES string of the molecule is C=Cc1n[nH]c2c1=CC(c1cncc(N3CCCC3)c1)=C=C=2. The van der Waals surface area contributed by atoms with Crippen molar-refractivity contribution in [2.75, 3.05) is 18.0 Å². The molecule has 4 heteroatoms. The molecule has 0 atom stereocenters. The minimum atomic E-state index is 0.838. The number of hydrogen-bond acceptors (Lipinski definition) is 3. The number of aromatic amines is 1. The second kappa shape index (κ2) is 5.19. The van der Waals surface area contributed by atoms with Crippen LogP contribution in [0.3, 0.4) is 0 Å². The molecular formula is C18H16N4. The summed E-state index contributed by atoms with van der Waals surface area (Å²) in [7, 11) is 0. The Bertz CT molecular complexity index is 932. The van der Waals surface area contributed by atoms with Gasteiger partial charge in [0.25, 0.3) is 0 Å². The molecule has 1 fully saturated rings. The lowest BCUT2D eigenvalue weighted by Crippen LogP contribution is -2.24. The fourth-order valence-corrected chi connectivity index (χ4v) is 2.95. The summed E-state index contributed by atoms with van der Waals surface area (Å²) in [6.45, 7) is 6.02. The van der Waals surface area contributed by atoms with Crippen molar-refractivity contribution in [2.45, 2.75) is 12.8 Å². The van der Waals surface area contributed by atoms with E-state index in [2.05, 4.69) is 50.3 Å². The van der Waals surface area contributed by atoms with E-state index in [1.54, 1.807) is 6.08 Å². The van der Waals surface area contributed by atoms with Crippen LogP contribution in [0, 0.1) is 0 Å². The Morgan fingerprint density at radius 1 is 1.23 bits per heavy atom. The van der Waals surface area contributed by atoms with Gasteiger partial charge in [-0.3, -0.25) is 10.1 Å². The molecular weight excluding hydrogens is 272 g/mol. The van der Waals surface area contributed by atoms with Crippen molar-refractivity contribution >= 4 is 29.1 Å². The molecule has 1 aliphatic carbocycles. The lowest BCUT2D eigenvalue weighted by molar-refractivity contribution is 0.949. The fourth-order valence-electron chi connectivity index (χ4n) is 2.95. The Labute approximate surface area is 128 Å². The minimum Gasteiger partial charge on any atom is -0.370 e. The Hall–Kier alpha value is -2.80. The molecule has 0 bridgehead atoms. The molecule has 1 saturated heterocycles. The molecule has 1 N–H and O–H groups in total. The molecule has 0 radical (unpaired) electrons. The molecule has 2 aromatic heterocycles. The van der Waals surface area contributed by atoms with Crippen LogP contribution in [0.25, 0.3) is 23.5 Å². The van der Waals surface area contributed by atoms with Crippen molar-refractivity contribution < 1.29 is 0 Å². The number of pyridine rings is 1. The minimum absolute atomic E-state index is 0.838. The molecule has 3 heterocycles. The smallest absolute Gasteiger partial charge is 0.116 e. The molecule has 4 rings (SSSR count). The summed E-state index contributed by atoms with van der Waals surface area (Å²) >= 11 is 0. The zero-order valence-electron chi connectivity index (χ0n) is 12.3. The second-order valence-electron chi connectivity index (χ2n) is 5.54. The molecule has 0 aromatic carbocycles. The fraction of sp³-hybridized carbons (Fsp3) is 0.222. The van der Waals surface area contributed by atoms with Gasteiger partial charge in [-0.05, 0) is 36.8 Å². The quantitative estimate of drug-likeness (QED) is 0.870. The van der Waals surface area contributed by atoms with Gasteiger partial charge in [0.2, 0.25) is 0 Å². The Morgan fingerprint density at radius 3 is 2.91 bits per heavy atom. The van der Waals surface area contributed by atoms with Gasteiger partial charge in [-0.25, -0.2) is 0 Å². The molecule has 108 valence electrons. The predicted octanol–water partition coefficient (Wildman–Crippen LogP) is 1.46. The number of nitrogens with one attached hydrogen (secondary N) is 1. The second-order valence-corrected chi connectivity index (χ2v) is 5.54. The van der Waals surface area contributed by atoms with Crippen molar-refractivity contribution in [3.05, 3.63) is 52.6 Å². The molecule has 2 aromatic rings. The van der Waals surface area contributed by atoms with Crippen molar-refractivity contribution in [1.82, 2.24) is 15.2 Å². The molecule has 0 spiro atoms. The number of H-pyrrole nitrogens is 1. The van der Waals surface area contributed by atoms with Crippen LogP contribution in [0.15, 0.2) is 30.8 Å². The molecule has 0 amide bonds. The Kier molecular flexibility index (Phi) is 3.05. The molecule has 1 aliphatic heterocycles. The molecule has 0 saturated carbocycles. The van der Waals surface area contributed by atoms with E-state index in [0.717, 1.165) is 40.5 Å². The summed E-state index contributed by atoms with van der Waals surface area (Å²) in [5, 5.41) is 9.01. The van der Waals surface area contributed by atoms with Gasteiger partial charge < -0.3 is 4.90 Å². The maximum atomic E-state index is 4.40. The first-order valence-electron chi connectivity index (χ1n) is 7.50. The van der Waals surface area contributed by atoms with Crippen LogP contribution in [0.4, 0.5) is 5.69 Å². The highest BCUT2D eigenvalue weighted by molar-refractivity contribution is 5.90. The molecule has 4 nitrogen and oxygen atoms in total. The number of anilines is 1. The van der Waals surface area contributed by atoms with E-state index in [-0.39, 0.29) is 0 Å². The average Bonchev–Trinajstić information content (AvgIpc) is 3.24. The topological polar surface area (TPSA) is 44.8 Å². The van der Waals surface area contributed by atoms with Gasteiger partial charge in [0.15, 0.2) is 0 Å². The Morgan fingerprint density at radius 2 is 2.09 bits per heavy atom. The van der Waals surface area contributed by atoms with Crippen molar-refractivity contribution in [3.8, 4) is 0 Å². The lowest BCUT2D eigenvalue weighted by Gasteiger charge is -2.17. The predicted molar refractivity (Wildman–Crippen MR) is 88.4 cm³/mol. The van der Waals surface area contributed by atoms with Crippen LogP contribution < -0.4 is 15.5 Å². The highest BCUT2D eigenvalue weighted by atomic mass is 15.1. The van der Waals surface area contributed by atoms with E-state index in [1.165, 1.54) is 18.5 Å². The van der Waals surface area contributed by atoms with E-state index in [9.17, 15) is 0 Å². The summed E-state index contributed by atoms with van der Waals surface area (Å²) in [5.41, 5.74) is 10.4. The van der Waals surface area contributed by atoms with Crippen LogP contribution >= 0.6 is 0 Å². The van der Waals surface area contributed by atoms with E-state index in [4.69, 9.17) is 0 Å². The summed E-state index contributed by atoms with van der Waals surface area (Å²) in [4.78, 5) is 6.78. The maximum Gasteiger partial charge on any atom is 0.116 e. The summed E-state index contributed by atoms with van der Waals surface area (Å²) in [6.07, 6.45) is 10.1. The van der Waals surface area contributed by atoms with Gasteiger partial charge in [-0.15, -0.1) is 0 Å².